The van der Waals surface area contributed by atoms with Crippen molar-refractivity contribution in [3.05, 3.63) is 59.6 Å². The summed E-state index contributed by atoms with van der Waals surface area (Å²) in [6.45, 7) is 7.49. The van der Waals surface area contributed by atoms with Crippen molar-refractivity contribution in [1.29, 1.82) is 0 Å². The van der Waals surface area contributed by atoms with Crippen molar-refractivity contribution in [2.75, 3.05) is 20.2 Å². The van der Waals surface area contributed by atoms with Crippen molar-refractivity contribution >= 4 is 40.9 Å². The lowest BCUT2D eigenvalue weighted by Crippen LogP contribution is -2.39. The molecule has 6 nitrogen and oxygen atoms in total. The number of halogens is 1. The second kappa shape index (κ2) is 11.0. The number of benzene rings is 1. The van der Waals surface area contributed by atoms with E-state index in [1.165, 1.54) is 11.1 Å². The summed E-state index contributed by atoms with van der Waals surface area (Å²) in [5, 5.41) is 7.78. The number of aryl methyl sites for hydroxylation is 1. The molecule has 0 saturated carbocycles. The maximum atomic E-state index is 6.07. The minimum atomic E-state index is -0.0317. The number of ether oxygens (including phenoxy) is 1. The topological polar surface area (TPSA) is 71.7 Å². The van der Waals surface area contributed by atoms with E-state index in [0.717, 1.165) is 41.4 Å². The lowest BCUT2D eigenvalue weighted by Gasteiger charge is -2.16. The van der Waals surface area contributed by atoms with Gasteiger partial charge in [0.1, 0.15) is 5.76 Å². The molecule has 29 heavy (non-hydrogen) atoms. The third kappa shape index (κ3) is 5.85. The standard InChI is InChI=1S/C22H28N4O2.HI/c1-5-27-19-8-6-7-18-13-20(28-21(18)19)16(3)26-22(23-4)25-12-10-17-9-11-24-14-15(17)2;/h6-9,11,13-14,16H,5,10,12H2,1-4H3,(H2,23,25,26);1H. The molecule has 2 aromatic heterocycles. The monoisotopic (exact) mass is 508 g/mol. The van der Waals surface area contributed by atoms with Gasteiger partial charge in [-0.1, -0.05) is 12.1 Å². The minimum absolute atomic E-state index is 0. The van der Waals surface area contributed by atoms with E-state index in [-0.39, 0.29) is 30.0 Å². The summed E-state index contributed by atoms with van der Waals surface area (Å²) in [6.07, 6.45) is 4.63. The summed E-state index contributed by atoms with van der Waals surface area (Å²) < 4.78 is 11.7. The normalized spacial score (nSPS) is 12.3. The molecule has 7 heteroatoms. The molecule has 0 aliphatic rings. The van der Waals surface area contributed by atoms with Gasteiger partial charge in [-0.25, -0.2) is 0 Å². The van der Waals surface area contributed by atoms with Crippen LogP contribution in [0.4, 0.5) is 0 Å². The molecule has 2 N–H and O–H groups in total. The Balaban J connectivity index is 0.00000300. The second-order valence-electron chi connectivity index (χ2n) is 6.67. The molecule has 0 fully saturated rings. The van der Waals surface area contributed by atoms with Gasteiger partial charge in [0.25, 0.3) is 0 Å². The highest BCUT2D eigenvalue weighted by molar-refractivity contribution is 14.0. The first kappa shape index (κ1) is 23.0. The van der Waals surface area contributed by atoms with Crippen LogP contribution in [-0.2, 0) is 6.42 Å². The van der Waals surface area contributed by atoms with E-state index >= 15 is 0 Å². The van der Waals surface area contributed by atoms with Crippen LogP contribution in [0.5, 0.6) is 5.75 Å². The van der Waals surface area contributed by atoms with Gasteiger partial charge in [-0.3, -0.25) is 9.98 Å². The van der Waals surface area contributed by atoms with Gasteiger partial charge in [0.15, 0.2) is 17.3 Å². The Labute approximate surface area is 189 Å². The Bertz CT molecular complexity index is 955. The third-order valence-corrected chi connectivity index (χ3v) is 4.65. The molecule has 0 bridgehead atoms. The lowest BCUT2D eigenvalue weighted by molar-refractivity contribution is 0.336. The number of hydrogen-bond donors (Lipinski definition) is 2. The molecular weight excluding hydrogens is 479 g/mol. The minimum Gasteiger partial charge on any atom is -0.490 e. The summed E-state index contributed by atoms with van der Waals surface area (Å²) >= 11 is 0. The smallest absolute Gasteiger partial charge is 0.191 e. The fourth-order valence-corrected chi connectivity index (χ4v) is 3.11. The molecule has 1 atom stereocenters. The molecule has 3 aromatic rings. The zero-order chi connectivity index (χ0) is 19.9. The van der Waals surface area contributed by atoms with E-state index in [9.17, 15) is 0 Å². The van der Waals surface area contributed by atoms with Crippen LogP contribution in [-0.4, -0.2) is 31.1 Å². The van der Waals surface area contributed by atoms with E-state index < -0.39 is 0 Å². The highest BCUT2D eigenvalue weighted by Crippen LogP contribution is 2.31. The van der Waals surface area contributed by atoms with Crippen LogP contribution in [0.25, 0.3) is 11.0 Å². The number of aliphatic imine (C=N–C) groups is 1. The fraction of sp³-hybridized carbons (Fsp3) is 0.364. The van der Waals surface area contributed by atoms with Gasteiger partial charge < -0.3 is 19.8 Å². The first-order chi connectivity index (χ1) is 13.6. The van der Waals surface area contributed by atoms with Crippen LogP contribution in [0, 0.1) is 6.92 Å². The van der Waals surface area contributed by atoms with Crippen molar-refractivity contribution in [3.63, 3.8) is 0 Å². The number of nitrogens with zero attached hydrogens (tertiary/aromatic N) is 2. The average molecular weight is 508 g/mol. The number of aromatic nitrogens is 1. The van der Waals surface area contributed by atoms with E-state index in [0.29, 0.717) is 6.61 Å². The maximum Gasteiger partial charge on any atom is 0.191 e. The maximum absolute atomic E-state index is 6.07. The van der Waals surface area contributed by atoms with Crippen molar-refractivity contribution in [3.8, 4) is 5.75 Å². The van der Waals surface area contributed by atoms with E-state index in [1.54, 1.807) is 7.05 Å². The Morgan fingerprint density at radius 3 is 2.86 bits per heavy atom. The first-order valence-electron chi connectivity index (χ1n) is 9.64. The summed E-state index contributed by atoms with van der Waals surface area (Å²) in [5.74, 6) is 2.36. The van der Waals surface area contributed by atoms with Crippen LogP contribution in [0.1, 0.15) is 36.8 Å². The summed E-state index contributed by atoms with van der Waals surface area (Å²) in [6, 6.07) is 10.0. The summed E-state index contributed by atoms with van der Waals surface area (Å²) in [5.41, 5.74) is 3.27. The van der Waals surface area contributed by atoms with E-state index in [2.05, 4.69) is 40.5 Å². The molecule has 2 heterocycles. The zero-order valence-electron chi connectivity index (χ0n) is 17.4. The number of guanidine groups is 1. The van der Waals surface area contributed by atoms with Crippen molar-refractivity contribution in [1.82, 2.24) is 15.6 Å². The summed E-state index contributed by atoms with van der Waals surface area (Å²) in [4.78, 5) is 8.46. The quantitative estimate of drug-likeness (QED) is 0.277. The SMILES string of the molecule is CCOc1cccc2cc(C(C)NC(=NC)NCCc3ccncc3C)oc12.I. The third-order valence-electron chi connectivity index (χ3n) is 4.65. The van der Waals surface area contributed by atoms with Crippen LogP contribution in [0.3, 0.4) is 0 Å². The number of pyridine rings is 1. The van der Waals surface area contributed by atoms with Gasteiger partial charge in [-0.05, 0) is 56.5 Å². The highest BCUT2D eigenvalue weighted by atomic mass is 127. The molecule has 156 valence electrons. The molecule has 0 radical (unpaired) electrons. The molecule has 0 aliphatic heterocycles. The molecule has 3 rings (SSSR count). The Morgan fingerprint density at radius 2 is 2.14 bits per heavy atom. The molecule has 0 aliphatic carbocycles. The van der Waals surface area contributed by atoms with Gasteiger partial charge in [0.05, 0.1) is 12.6 Å². The van der Waals surface area contributed by atoms with Crippen molar-refractivity contribution < 1.29 is 9.15 Å². The summed E-state index contributed by atoms with van der Waals surface area (Å²) in [7, 11) is 1.77. The van der Waals surface area contributed by atoms with Crippen LogP contribution >= 0.6 is 24.0 Å². The van der Waals surface area contributed by atoms with E-state index in [4.69, 9.17) is 9.15 Å². The van der Waals surface area contributed by atoms with Gasteiger partial charge in [0, 0.05) is 31.4 Å². The Kier molecular flexibility index (Phi) is 8.75. The molecule has 1 unspecified atom stereocenters. The van der Waals surface area contributed by atoms with Gasteiger partial charge in [-0.2, -0.15) is 0 Å². The second-order valence-corrected chi connectivity index (χ2v) is 6.67. The fourth-order valence-electron chi connectivity index (χ4n) is 3.11. The van der Waals surface area contributed by atoms with Crippen molar-refractivity contribution in [2.45, 2.75) is 33.2 Å². The molecule has 0 saturated heterocycles. The number of rotatable bonds is 7. The van der Waals surface area contributed by atoms with Crippen LogP contribution in [0.2, 0.25) is 0 Å². The number of furan rings is 1. The predicted molar refractivity (Wildman–Crippen MR) is 128 cm³/mol. The predicted octanol–water partition coefficient (Wildman–Crippen LogP) is 4.62. The van der Waals surface area contributed by atoms with Crippen LogP contribution < -0.4 is 15.4 Å². The Hall–Kier alpha value is -2.29. The average Bonchev–Trinajstić information content (AvgIpc) is 3.14. The zero-order valence-corrected chi connectivity index (χ0v) is 19.7. The van der Waals surface area contributed by atoms with Crippen molar-refractivity contribution in [2.24, 2.45) is 4.99 Å². The largest absolute Gasteiger partial charge is 0.490 e. The lowest BCUT2D eigenvalue weighted by atomic mass is 10.1. The first-order valence-corrected chi connectivity index (χ1v) is 9.64. The van der Waals surface area contributed by atoms with Gasteiger partial charge in [-0.15, -0.1) is 24.0 Å². The Morgan fingerprint density at radius 1 is 1.31 bits per heavy atom. The molecule has 0 spiro atoms. The van der Waals surface area contributed by atoms with Gasteiger partial charge in [0.2, 0.25) is 0 Å². The number of nitrogens with one attached hydrogen (secondary N) is 2. The number of para-hydroxylation sites is 1. The number of hydrogen-bond acceptors (Lipinski definition) is 4. The number of fused-ring (bicyclic) bond motifs is 1. The van der Waals surface area contributed by atoms with E-state index in [1.807, 2.05) is 43.6 Å². The van der Waals surface area contributed by atoms with Crippen LogP contribution in [0.15, 0.2) is 52.1 Å². The van der Waals surface area contributed by atoms with Gasteiger partial charge >= 0.3 is 0 Å². The molecule has 1 aromatic carbocycles. The highest BCUT2D eigenvalue weighted by Gasteiger charge is 2.15. The molecule has 0 amide bonds. The molecular formula is C22H29IN4O2.